The van der Waals surface area contributed by atoms with Crippen molar-refractivity contribution in [3.8, 4) is 0 Å². The lowest BCUT2D eigenvalue weighted by atomic mass is 10.2. The average Bonchev–Trinajstić information content (AvgIpc) is 3.35. The van der Waals surface area contributed by atoms with Crippen LogP contribution in [0.15, 0.2) is 30.3 Å². The van der Waals surface area contributed by atoms with Crippen molar-refractivity contribution in [1.82, 2.24) is 9.80 Å². The number of carbonyl (C=O) groups is 3. The van der Waals surface area contributed by atoms with Gasteiger partial charge >= 0.3 is 12.1 Å². The zero-order valence-electron chi connectivity index (χ0n) is 14.3. The molecule has 2 amide bonds. The summed E-state index contributed by atoms with van der Waals surface area (Å²) in [6.45, 7) is 0.159. The molecule has 3 rings (SSSR count). The fourth-order valence-corrected chi connectivity index (χ4v) is 5.09. The highest BCUT2D eigenvalue weighted by Crippen LogP contribution is 2.28. The first kappa shape index (κ1) is 18.9. The van der Waals surface area contributed by atoms with Crippen LogP contribution in [-0.2, 0) is 25.7 Å². The molecule has 0 bridgehead atoms. The lowest BCUT2D eigenvalue weighted by molar-refractivity contribution is -0.151. The molecule has 140 valence electrons. The summed E-state index contributed by atoms with van der Waals surface area (Å²) in [5, 5.41) is 0. The maximum absolute atomic E-state index is 12.9. The molecule has 0 N–H and O–H groups in total. The summed E-state index contributed by atoms with van der Waals surface area (Å²) >= 11 is 3.00. The van der Waals surface area contributed by atoms with Crippen LogP contribution in [0.1, 0.15) is 5.56 Å². The van der Waals surface area contributed by atoms with Gasteiger partial charge in [0.1, 0.15) is 18.7 Å². The molecule has 2 aliphatic rings. The molecule has 0 unspecified atom stereocenters. The van der Waals surface area contributed by atoms with Gasteiger partial charge in [0.2, 0.25) is 5.91 Å². The molecular formula is C17H20N2O5S2. The van der Waals surface area contributed by atoms with E-state index in [1.165, 1.54) is 40.4 Å². The Hall–Kier alpha value is -1.87. The van der Waals surface area contributed by atoms with Gasteiger partial charge in [0.05, 0.1) is 18.9 Å². The third-order valence-corrected chi connectivity index (χ3v) is 6.27. The smallest absolute Gasteiger partial charge is 0.411 e. The summed E-state index contributed by atoms with van der Waals surface area (Å²) in [5.41, 5.74) is 0.886. The molecule has 2 fully saturated rings. The number of benzene rings is 1. The molecule has 7 nitrogen and oxygen atoms in total. The molecule has 0 aromatic heterocycles. The molecule has 2 saturated heterocycles. The van der Waals surface area contributed by atoms with Crippen molar-refractivity contribution in [3.05, 3.63) is 35.9 Å². The molecule has 26 heavy (non-hydrogen) atoms. The number of carbonyl (C=O) groups excluding carboxylic acids is 3. The van der Waals surface area contributed by atoms with Gasteiger partial charge in [-0.1, -0.05) is 30.3 Å². The van der Waals surface area contributed by atoms with Crippen LogP contribution in [0.25, 0.3) is 0 Å². The van der Waals surface area contributed by atoms with Gasteiger partial charge in [-0.15, -0.1) is 23.5 Å². The Morgan fingerprint density at radius 2 is 1.69 bits per heavy atom. The van der Waals surface area contributed by atoms with Gasteiger partial charge in [-0.25, -0.2) is 9.59 Å². The lowest BCUT2D eigenvalue weighted by Crippen LogP contribution is -2.52. The predicted octanol–water partition coefficient (Wildman–Crippen LogP) is 1.77. The molecule has 0 radical (unpaired) electrons. The molecule has 1 aromatic rings. The van der Waals surface area contributed by atoms with Crippen molar-refractivity contribution in [2.24, 2.45) is 0 Å². The number of methoxy groups -OCH3 is 1. The molecule has 0 saturated carbocycles. The number of hydrogen-bond acceptors (Lipinski definition) is 7. The van der Waals surface area contributed by atoms with E-state index in [0.29, 0.717) is 23.3 Å². The molecular weight excluding hydrogens is 376 g/mol. The predicted molar refractivity (Wildman–Crippen MR) is 99.6 cm³/mol. The molecule has 9 heteroatoms. The number of amides is 2. The van der Waals surface area contributed by atoms with Gasteiger partial charge < -0.3 is 14.4 Å². The van der Waals surface area contributed by atoms with Crippen LogP contribution >= 0.6 is 23.5 Å². The quantitative estimate of drug-likeness (QED) is 0.718. The first-order valence-corrected chi connectivity index (χ1v) is 10.4. The highest BCUT2D eigenvalue weighted by Gasteiger charge is 2.43. The lowest BCUT2D eigenvalue weighted by Gasteiger charge is -2.28. The van der Waals surface area contributed by atoms with E-state index in [-0.39, 0.29) is 12.5 Å². The Balaban J connectivity index is 1.62. The zero-order valence-corrected chi connectivity index (χ0v) is 16.0. The van der Waals surface area contributed by atoms with Crippen molar-refractivity contribution in [2.75, 3.05) is 30.4 Å². The van der Waals surface area contributed by atoms with Gasteiger partial charge in [0, 0.05) is 11.5 Å². The van der Waals surface area contributed by atoms with Gasteiger partial charge in [-0.3, -0.25) is 9.69 Å². The largest absolute Gasteiger partial charge is 0.467 e. The van der Waals surface area contributed by atoms with Crippen LogP contribution < -0.4 is 0 Å². The van der Waals surface area contributed by atoms with E-state index < -0.39 is 24.1 Å². The first-order valence-electron chi connectivity index (χ1n) is 8.13. The number of nitrogens with zero attached hydrogens (tertiary/aromatic N) is 2. The van der Waals surface area contributed by atoms with Crippen LogP contribution in [0.5, 0.6) is 0 Å². The van der Waals surface area contributed by atoms with Gasteiger partial charge in [-0.05, 0) is 5.56 Å². The SMILES string of the molecule is COC(=O)[C@@H]1CSCN1C(=O)[C@@H]1CSCN1C(=O)OCc1ccccc1. The topological polar surface area (TPSA) is 76.2 Å². The number of rotatable bonds is 4. The fraction of sp³-hybridized carbons (Fsp3) is 0.471. The second kappa shape index (κ2) is 8.68. The minimum atomic E-state index is -0.617. The zero-order chi connectivity index (χ0) is 18.5. The van der Waals surface area contributed by atoms with Crippen molar-refractivity contribution < 1.29 is 23.9 Å². The van der Waals surface area contributed by atoms with Crippen molar-refractivity contribution in [1.29, 1.82) is 0 Å². The molecule has 0 aliphatic carbocycles. The third kappa shape index (κ3) is 4.09. The highest BCUT2D eigenvalue weighted by molar-refractivity contribution is 7.99. The van der Waals surface area contributed by atoms with Crippen LogP contribution in [-0.4, -0.2) is 70.2 Å². The van der Waals surface area contributed by atoms with Crippen molar-refractivity contribution in [3.63, 3.8) is 0 Å². The van der Waals surface area contributed by atoms with Gasteiger partial charge in [0.15, 0.2) is 0 Å². The van der Waals surface area contributed by atoms with Crippen LogP contribution in [0, 0.1) is 0 Å². The number of hydrogen-bond donors (Lipinski definition) is 0. The van der Waals surface area contributed by atoms with E-state index in [0.717, 1.165) is 5.56 Å². The summed E-state index contributed by atoms with van der Waals surface area (Å²) in [4.78, 5) is 40.2. The number of esters is 1. The number of thioether (sulfide) groups is 2. The molecule has 2 heterocycles. The molecule has 1 aromatic carbocycles. The monoisotopic (exact) mass is 396 g/mol. The van der Waals surface area contributed by atoms with E-state index in [9.17, 15) is 14.4 Å². The Labute approximate surface area is 160 Å². The first-order chi connectivity index (χ1) is 12.6. The van der Waals surface area contributed by atoms with Gasteiger partial charge in [0.25, 0.3) is 0 Å². The maximum atomic E-state index is 12.9. The second-order valence-electron chi connectivity index (χ2n) is 5.87. The standard InChI is InChI=1S/C17H20N2O5S2/c1-23-16(21)14-9-26-10-18(14)15(20)13-8-25-11-19(13)17(22)24-7-12-5-3-2-4-6-12/h2-6,13-14H,7-11H2,1H3/t13-,14-/m0/s1. The van der Waals surface area contributed by atoms with E-state index in [1.54, 1.807) is 0 Å². The minimum Gasteiger partial charge on any atom is -0.467 e. The summed E-state index contributed by atoms with van der Waals surface area (Å²) in [6, 6.07) is 8.18. The Morgan fingerprint density at radius 3 is 2.38 bits per heavy atom. The molecule has 2 atom stereocenters. The van der Waals surface area contributed by atoms with E-state index in [4.69, 9.17) is 9.47 Å². The summed E-state index contributed by atoms with van der Waals surface area (Å²) in [5.74, 6) is 1.17. The Morgan fingerprint density at radius 1 is 1.04 bits per heavy atom. The van der Waals surface area contributed by atoms with Crippen LogP contribution in [0.4, 0.5) is 4.79 Å². The Bertz CT molecular complexity index is 672. The maximum Gasteiger partial charge on any atom is 0.411 e. The van der Waals surface area contributed by atoms with Crippen LogP contribution in [0.3, 0.4) is 0 Å². The van der Waals surface area contributed by atoms with Crippen LogP contribution in [0.2, 0.25) is 0 Å². The molecule has 2 aliphatic heterocycles. The van der Waals surface area contributed by atoms with Crippen molar-refractivity contribution >= 4 is 41.5 Å². The second-order valence-corrected chi connectivity index (χ2v) is 7.87. The average molecular weight is 396 g/mol. The number of ether oxygens (including phenoxy) is 2. The highest BCUT2D eigenvalue weighted by atomic mass is 32.2. The normalized spacial score (nSPS) is 22.3. The van der Waals surface area contributed by atoms with Crippen molar-refractivity contribution in [2.45, 2.75) is 18.7 Å². The fourth-order valence-electron chi connectivity index (χ4n) is 2.81. The minimum absolute atomic E-state index is 0.159. The Kier molecular flexibility index (Phi) is 6.31. The van der Waals surface area contributed by atoms with E-state index in [1.807, 2.05) is 30.3 Å². The molecule has 0 spiro atoms. The van der Waals surface area contributed by atoms with Gasteiger partial charge in [-0.2, -0.15) is 0 Å². The third-order valence-electron chi connectivity index (χ3n) is 4.25. The van der Waals surface area contributed by atoms with E-state index in [2.05, 4.69) is 0 Å². The summed E-state index contributed by atoms with van der Waals surface area (Å²) in [6.07, 6.45) is -0.515. The summed E-state index contributed by atoms with van der Waals surface area (Å²) < 4.78 is 10.1. The summed E-state index contributed by atoms with van der Waals surface area (Å²) in [7, 11) is 1.31. The van der Waals surface area contributed by atoms with E-state index >= 15 is 0 Å².